The van der Waals surface area contributed by atoms with E-state index in [4.69, 9.17) is 9.57 Å². The lowest BCUT2D eigenvalue weighted by Gasteiger charge is -2.39. The van der Waals surface area contributed by atoms with Gasteiger partial charge in [0.2, 0.25) is 0 Å². The van der Waals surface area contributed by atoms with Crippen molar-refractivity contribution in [2.45, 2.75) is 45.4 Å². The fourth-order valence-corrected chi connectivity index (χ4v) is 1.28. The molecule has 1 unspecified atom stereocenters. The fourth-order valence-electron chi connectivity index (χ4n) is 1.28. The number of ether oxygens (including phenoxy) is 1. The van der Waals surface area contributed by atoms with Crippen LogP contribution in [0.25, 0.3) is 0 Å². The van der Waals surface area contributed by atoms with Crippen molar-refractivity contribution in [2.75, 3.05) is 13.1 Å². The Balaban J connectivity index is 2.18. The third kappa shape index (κ3) is 4.75. The molecule has 0 radical (unpaired) electrons. The van der Waals surface area contributed by atoms with Gasteiger partial charge in [-0.3, -0.25) is 4.84 Å². The third-order valence-electron chi connectivity index (χ3n) is 2.29. The molecule has 1 amide bonds. The van der Waals surface area contributed by atoms with Crippen molar-refractivity contribution < 1.29 is 14.4 Å². The molecular weight excluding hydrogens is 220 g/mol. The molecular formula is C12H22N2O3. The summed E-state index contributed by atoms with van der Waals surface area (Å²) in [5.74, 6) is 0. The summed E-state index contributed by atoms with van der Waals surface area (Å²) in [7, 11) is 0. The second-order valence-electron chi connectivity index (χ2n) is 5.26. The first-order chi connectivity index (χ1) is 7.81. The molecule has 5 nitrogen and oxygen atoms in total. The second kappa shape index (κ2) is 5.51. The summed E-state index contributed by atoms with van der Waals surface area (Å²) in [6, 6.07) is 0.171. The first-order valence-electron chi connectivity index (χ1n) is 5.83. The van der Waals surface area contributed by atoms with Gasteiger partial charge in [-0.25, -0.2) is 4.79 Å². The molecule has 1 rings (SSSR count). The molecule has 0 spiro atoms. The number of hydrogen-bond donors (Lipinski definition) is 1. The Labute approximate surface area is 103 Å². The van der Waals surface area contributed by atoms with Crippen LogP contribution < -0.4 is 5.48 Å². The van der Waals surface area contributed by atoms with Crippen LogP contribution in [0.1, 0.15) is 27.7 Å². The van der Waals surface area contributed by atoms with E-state index in [9.17, 15) is 4.79 Å². The number of hydrogen-bond acceptors (Lipinski definition) is 4. The zero-order valence-electron chi connectivity index (χ0n) is 11.0. The molecule has 1 N–H and O–H groups in total. The minimum Gasteiger partial charge on any atom is -0.444 e. The predicted octanol–water partition coefficient (Wildman–Crippen LogP) is 1.70. The maximum absolute atomic E-state index is 11.6. The topological polar surface area (TPSA) is 50.8 Å². The van der Waals surface area contributed by atoms with Crippen molar-refractivity contribution in [3.05, 3.63) is 12.7 Å². The predicted molar refractivity (Wildman–Crippen MR) is 65.5 cm³/mol. The third-order valence-corrected chi connectivity index (χ3v) is 2.29. The quantitative estimate of drug-likeness (QED) is 0.602. The lowest BCUT2D eigenvalue weighted by molar-refractivity contribution is -0.0576. The minimum atomic E-state index is -0.441. The van der Waals surface area contributed by atoms with Crippen LogP contribution in [0.4, 0.5) is 4.79 Å². The SMILES string of the molecule is C=CC(C)ONC1CN(C(=O)OC(C)(C)C)C1. The molecule has 0 aromatic rings. The zero-order valence-corrected chi connectivity index (χ0v) is 11.0. The molecule has 1 aliphatic rings. The Morgan fingerprint density at radius 2 is 2.12 bits per heavy atom. The Bertz CT molecular complexity index is 280. The monoisotopic (exact) mass is 242 g/mol. The molecule has 0 aromatic carbocycles. The number of carbonyl (C=O) groups excluding carboxylic acids is 1. The maximum atomic E-state index is 11.6. The molecule has 17 heavy (non-hydrogen) atoms. The summed E-state index contributed by atoms with van der Waals surface area (Å²) in [5.41, 5.74) is 2.46. The number of nitrogens with one attached hydrogen (secondary N) is 1. The Kier molecular flexibility index (Phi) is 4.54. The smallest absolute Gasteiger partial charge is 0.410 e. The first-order valence-corrected chi connectivity index (χ1v) is 5.83. The average Bonchev–Trinajstić information content (AvgIpc) is 2.11. The van der Waals surface area contributed by atoms with Crippen molar-refractivity contribution in [2.24, 2.45) is 0 Å². The van der Waals surface area contributed by atoms with E-state index in [0.717, 1.165) is 0 Å². The summed E-state index contributed by atoms with van der Waals surface area (Å²) in [5, 5.41) is 0. The fraction of sp³-hybridized carbons (Fsp3) is 0.750. The largest absolute Gasteiger partial charge is 0.444 e. The summed E-state index contributed by atoms with van der Waals surface area (Å²) >= 11 is 0. The van der Waals surface area contributed by atoms with Crippen molar-refractivity contribution in [1.82, 2.24) is 10.4 Å². The van der Waals surface area contributed by atoms with Crippen molar-refractivity contribution in [3.63, 3.8) is 0 Å². The molecule has 0 saturated carbocycles. The molecule has 0 aliphatic carbocycles. The summed E-state index contributed by atoms with van der Waals surface area (Å²) in [6.45, 7) is 12.3. The standard InChI is InChI=1S/C12H22N2O3/c1-6-9(2)17-13-10-7-14(8-10)11(15)16-12(3,4)5/h6,9-10,13H,1,7-8H2,2-5H3. The van der Waals surface area contributed by atoms with Crippen LogP contribution in [0.2, 0.25) is 0 Å². The van der Waals surface area contributed by atoms with E-state index >= 15 is 0 Å². The van der Waals surface area contributed by atoms with Crippen LogP contribution in [0.5, 0.6) is 0 Å². The van der Waals surface area contributed by atoms with Gasteiger partial charge >= 0.3 is 6.09 Å². The zero-order chi connectivity index (χ0) is 13.1. The van der Waals surface area contributed by atoms with E-state index in [-0.39, 0.29) is 18.2 Å². The highest BCUT2D eigenvalue weighted by Crippen LogP contribution is 2.15. The van der Waals surface area contributed by atoms with Crippen LogP contribution >= 0.6 is 0 Å². The second-order valence-corrected chi connectivity index (χ2v) is 5.26. The lowest BCUT2D eigenvalue weighted by Crippen LogP contribution is -2.60. The van der Waals surface area contributed by atoms with E-state index < -0.39 is 5.60 Å². The van der Waals surface area contributed by atoms with E-state index in [1.165, 1.54) is 0 Å². The van der Waals surface area contributed by atoms with Crippen LogP contribution in [0, 0.1) is 0 Å². The van der Waals surface area contributed by atoms with Gasteiger partial charge in [-0.1, -0.05) is 6.08 Å². The molecule has 1 saturated heterocycles. The lowest BCUT2D eigenvalue weighted by atomic mass is 10.1. The van der Waals surface area contributed by atoms with Crippen molar-refractivity contribution in [3.8, 4) is 0 Å². The van der Waals surface area contributed by atoms with E-state index in [2.05, 4.69) is 12.1 Å². The number of rotatable bonds is 4. The van der Waals surface area contributed by atoms with Gasteiger partial charge in [0.1, 0.15) is 5.60 Å². The number of likely N-dealkylation sites (tertiary alicyclic amines) is 1. The molecule has 1 fully saturated rings. The average molecular weight is 242 g/mol. The van der Waals surface area contributed by atoms with Crippen LogP contribution in [0.15, 0.2) is 12.7 Å². The van der Waals surface area contributed by atoms with Gasteiger partial charge in [0, 0.05) is 13.1 Å². The number of nitrogens with zero attached hydrogens (tertiary/aromatic N) is 1. The van der Waals surface area contributed by atoms with Gasteiger partial charge in [-0.05, 0) is 27.7 Å². The van der Waals surface area contributed by atoms with Gasteiger partial charge in [-0.15, -0.1) is 6.58 Å². The van der Waals surface area contributed by atoms with Crippen molar-refractivity contribution >= 4 is 6.09 Å². The molecule has 1 atom stereocenters. The minimum absolute atomic E-state index is 0.0365. The highest BCUT2D eigenvalue weighted by Gasteiger charge is 2.33. The molecule has 0 bridgehead atoms. The molecule has 1 heterocycles. The van der Waals surface area contributed by atoms with Gasteiger partial charge < -0.3 is 9.64 Å². The van der Waals surface area contributed by atoms with E-state index in [1.807, 2.05) is 27.7 Å². The van der Waals surface area contributed by atoms with Gasteiger partial charge in [0.15, 0.2) is 0 Å². The Morgan fingerprint density at radius 3 is 2.59 bits per heavy atom. The first kappa shape index (κ1) is 14.0. The van der Waals surface area contributed by atoms with E-state index in [0.29, 0.717) is 13.1 Å². The highest BCUT2D eigenvalue weighted by molar-refractivity contribution is 5.69. The van der Waals surface area contributed by atoms with Gasteiger partial charge in [0.25, 0.3) is 0 Å². The van der Waals surface area contributed by atoms with Crippen LogP contribution in [-0.2, 0) is 9.57 Å². The van der Waals surface area contributed by atoms with Gasteiger partial charge in [-0.2, -0.15) is 5.48 Å². The normalized spacial score (nSPS) is 18.5. The summed E-state index contributed by atoms with van der Waals surface area (Å²) in [6.07, 6.45) is 1.40. The maximum Gasteiger partial charge on any atom is 0.410 e. The van der Waals surface area contributed by atoms with Crippen molar-refractivity contribution in [1.29, 1.82) is 0 Å². The van der Waals surface area contributed by atoms with Crippen LogP contribution in [-0.4, -0.2) is 41.8 Å². The Morgan fingerprint density at radius 1 is 1.53 bits per heavy atom. The summed E-state index contributed by atoms with van der Waals surface area (Å²) < 4.78 is 5.24. The van der Waals surface area contributed by atoms with E-state index in [1.54, 1.807) is 11.0 Å². The number of hydroxylamine groups is 1. The highest BCUT2D eigenvalue weighted by atomic mass is 16.7. The molecule has 1 aliphatic heterocycles. The molecule has 5 heteroatoms. The Hall–Kier alpha value is -1.07. The molecule has 98 valence electrons. The van der Waals surface area contributed by atoms with Crippen LogP contribution in [0.3, 0.4) is 0 Å². The van der Waals surface area contributed by atoms with Gasteiger partial charge in [0.05, 0.1) is 12.1 Å². The number of carbonyl (C=O) groups is 1. The number of amides is 1. The molecule has 0 aromatic heterocycles. The summed E-state index contributed by atoms with van der Waals surface area (Å²) in [4.78, 5) is 18.5.